The van der Waals surface area contributed by atoms with E-state index in [1.807, 2.05) is 18.2 Å². The summed E-state index contributed by atoms with van der Waals surface area (Å²) in [5.41, 5.74) is 2.33. The summed E-state index contributed by atoms with van der Waals surface area (Å²) in [6.07, 6.45) is 0. The lowest BCUT2D eigenvalue weighted by atomic mass is 10.0. The lowest BCUT2D eigenvalue weighted by molar-refractivity contribution is 0.141. The fourth-order valence-electron chi connectivity index (χ4n) is 3.17. The van der Waals surface area contributed by atoms with Crippen molar-refractivity contribution in [2.24, 2.45) is 0 Å². The highest BCUT2D eigenvalue weighted by Gasteiger charge is 2.25. The van der Waals surface area contributed by atoms with Crippen molar-refractivity contribution in [1.29, 1.82) is 0 Å². The van der Waals surface area contributed by atoms with Crippen molar-refractivity contribution in [2.75, 3.05) is 19.6 Å². The van der Waals surface area contributed by atoms with E-state index in [2.05, 4.69) is 21.3 Å². The zero-order chi connectivity index (χ0) is 16.5. The first kappa shape index (κ1) is 20.9. The normalized spacial score (nSPS) is 17.5. The van der Waals surface area contributed by atoms with Gasteiger partial charge in [-0.25, -0.2) is 9.37 Å². The smallest absolute Gasteiger partial charge is 0.209 e. The quantitative estimate of drug-likeness (QED) is 0.674. The van der Waals surface area contributed by atoms with E-state index in [-0.39, 0.29) is 36.7 Å². The molecule has 2 heterocycles. The number of halogens is 4. The number of piperazine rings is 1. The van der Waals surface area contributed by atoms with Crippen LogP contribution in [0.15, 0.2) is 46.9 Å². The lowest BCUT2D eigenvalue weighted by Gasteiger charge is -2.35. The van der Waals surface area contributed by atoms with Crippen LogP contribution in [0.1, 0.15) is 17.5 Å². The minimum atomic E-state index is -0.316. The predicted molar refractivity (Wildman–Crippen MR) is 106 cm³/mol. The van der Waals surface area contributed by atoms with E-state index >= 15 is 0 Å². The maximum Gasteiger partial charge on any atom is 0.209 e. The van der Waals surface area contributed by atoms with Gasteiger partial charge in [-0.15, -0.1) is 24.8 Å². The summed E-state index contributed by atoms with van der Waals surface area (Å²) in [4.78, 5) is 6.78. The summed E-state index contributed by atoms with van der Waals surface area (Å²) < 4.78 is 19.0. The van der Waals surface area contributed by atoms with Crippen LogP contribution in [0.2, 0.25) is 5.02 Å². The maximum atomic E-state index is 13.3. The minimum Gasteiger partial charge on any atom is -0.439 e. The molecule has 26 heavy (non-hydrogen) atoms. The molecule has 1 saturated heterocycles. The van der Waals surface area contributed by atoms with Gasteiger partial charge in [0, 0.05) is 36.8 Å². The summed E-state index contributed by atoms with van der Waals surface area (Å²) in [6, 6.07) is 12.5. The van der Waals surface area contributed by atoms with Gasteiger partial charge in [-0.05, 0) is 29.8 Å². The van der Waals surface area contributed by atoms with Gasteiger partial charge in [0.05, 0.1) is 6.54 Å². The van der Waals surface area contributed by atoms with Crippen molar-refractivity contribution in [2.45, 2.75) is 12.6 Å². The zero-order valence-corrected chi connectivity index (χ0v) is 16.2. The van der Waals surface area contributed by atoms with Gasteiger partial charge in [0.25, 0.3) is 0 Å². The van der Waals surface area contributed by atoms with Gasteiger partial charge in [0.2, 0.25) is 5.89 Å². The first-order chi connectivity index (χ1) is 11.7. The standard InChI is InChI=1S/C18H17ClFN3O.2ClH/c19-13-3-1-2-12(8-13)16-10-21-6-7-23(16)11-18-22-15-5-4-14(20)9-17(15)24-18;;/h1-5,8-9,16,21H,6-7,10-11H2;2*1H. The van der Waals surface area contributed by atoms with E-state index in [0.29, 0.717) is 23.5 Å². The topological polar surface area (TPSA) is 41.3 Å². The third kappa shape index (κ3) is 4.48. The van der Waals surface area contributed by atoms with Gasteiger partial charge in [-0.2, -0.15) is 0 Å². The van der Waals surface area contributed by atoms with Crippen LogP contribution < -0.4 is 5.32 Å². The van der Waals surface area contributed by atoms with Crippen LogP contribution in [-0.2, 0) is 6.54 Å². The third-order valence-corrected chi connectivity index (χ3v) is 4.56. The van der Waals surface area contributed by atoms with Gasteiger partial charge in [0.15, 0.2) is 5.58 Å². The molecule has 0 spiro atoms. The molecule has 1 aliphatic rings. The first-order valence-corrected chi connectivity index (χ1v) is 8.32. The monoisotopic (exact) mass is 417 g/mol. The number of benzene rings is 2. The Balaban J connectivity index is 0.00000121. The molecule has 140 valence electrons. The molecule has 1 aromatic heterocycles. The van der Waals surface area contributed by atoms with Crippen LogP contribution in [0.25, 0.3) is 11.1 Å². The highest BCUT2D eigenvalue weighted by atomic mass is 35.5. The van der Waals surface area contributed by atoms with Gasteiger partial charge < -0.3 is 9.73 Å². The second-order valence-electron chi connectivity index (χ2n) is 5.97. The van der Waals surface area contributed by atoms with Crippen LogP contribution in [0.4, 0.5) is 4.39 Å². The number of rotatable bonds is 3. The van der Waals surface area contributed by atoms with E-state index in [0.717, 1.165) is 30.2 Å². The Morgan fingerprint density at radius 1 is 1.23 bits per heavy atom. The number of oxazole rings is 1. The van der Waals surface area contributed by atoms with E-state index in [1.165, 1.54) is 12.1 Å². The minimum absolute atomic E-state index is 0. The molecule has 4 rings (SSSR count). The number of hydrogen-bond acceptors (Lipinski definition) is 4. The zero-order valence-electron chi connectivity index (χ0n) is 13.8. The van der Waals surface area contributed by atoms with Gasteiger partial charge in [0.1, 0.15) is 11.3 Å². The van der Waals surface area contributed by atoms with Gasteiger partial charge in [-0.3, -0.25) is 4.90 Å². The molecule has 1 atom stereocenters. The van der Waals surface area contributed by atoms with Crippen LogP contribution in [-0.4, -0.2) is 29.5 Å². The van der Waals surface area contributed by atoms with E-state index < -0.39 is 0 Å². The molecule has 3 aromatic rings. The Morgan fingerprint density at radius 2 is 2.08 bits per heavy atom. The molecule has 8 heteroatoms. The molecule has 0 saturated carbocycles. The van der Waals surface area contributed by atoms with Crippen molar-refractivity contribution in [1.82, 2.24) is 15.2 Å². The molecule has 1 aliphatic heterocycles. The fourth-order valence-corrected chi connectivity index (χ4v) is 3.36. The van der Waals surface area contributed by atoms with E-state index in [1.54, 1.807) is 6.07 Å². The van der Waals surface area contributed by atoms with E-state index in [4.69, 9.17) is 16.0 Å². The second kappa shape index (κ2) is 9.02. The Bertz CT molecular complexity index is 874. The number of fused-ring (bicyclic) bond motifs is 1. The summed E-state index contributed by atoms with van der Waals surface area (Å²) in [7, 11) is 0. The third-order valence-electron chi connectivity index (χ3n) is 4.32. The Kier molecular flexibility index (Phi) is 7.26. The number of nitrogens with zero attached hydrogens (tertiary/aromatic N) is 2. The SMILES string of the molecule is Cl.Cl.Fc1ccc2nc(CN3CCNCC3c3cccc(Cl)c3)oc2c1. The lowest BCUT2D eigenvalue weighted by Crippen LogP contribution is -2.45. The summed E-state index contributed by atoms with van der Waals surface area (Å²) >= 11 is 6.13. The summed E-state index contributed by atoms with van der Waals surface area (Å²) in [6.45, 7) is 3.21. The highest BCUT2D eigenvalue weighted by Crippen LogP contribution is 2.27. The Hall–Kier alpha value is -1.37. The fraction of sp³-hybridized carbons (Fsp3) is 0.278. The van der Waals surface area contributed by atoms with Crippen LogP contribution in [0.5, 0.6) is 0 Å². The molecule has 0 aliphatic carbocycles. The van der Waals surface area contributed by atoms with Gasteiger partial charge >= 0.3 is 0 Å². The molecule has 2 aromatic carbocycles. The molecule has 1 unspecified atom stereocenters. The van der Waals surface area contributed by atoms with Gasteiger partial charge in [-0.1, -0.05) is 23.7 Å². The molecule has 1 fully saturated rings. The molecule has 1 N–H and O–H groups in total. The van der Waals surface area contributed by atoms with Crippen molar-refractivity contribution >= 4 is 47.5 Å². The number of hydrogen-bond donors (Lipinski definition) is 1. The molecule has 0 bridgehead atoms. The largest absolute Gasteiger partial charge is 0.439 e. The molecule has 0 amide bonds. The average molecular weight is 419 g/mol. The summed E-state index contributed by atoms with van der Waals surface area (Å²) in [5.74, 6) is 0.286. The molecule has 0 radical (unpaired) electrons. The highest BCUT2D eigenvalue weighted by molar-refractivity contribution is 6.30. The molecular formula is C18H19Cl3FN3O. The molecular weight excluding hydrogens is 400 g/mol. The number of nitrogens with one attached hydrogen (secondary N) is 1. The first-order valence-electron chi connectivity index (χ1n) is 7.94. The molecule has 4 nitrogen and oxygen atoms in total. The van der Waals surface area contributed by atoms with Crippen LogP contribution in [0, 0.1) is 5.82 Å². The van der Waals surface area contributed by atoms with Crippen LogP contribution in [0.3, 0.4) is 0 Å². The average Bonchev–Trinajstić information content (AvgIpc) is 2.96. The van der Waals surface area contributed by atoms with Crippen molar-refractivity contribution in [3.8, 4) is 0 Å². The van der Waals surface area contributed by atoms with Crippen molar-refractivity contribution in [3.63, 3.8) is 0 Å². The van der Waals surface area contributed by atoms with Crippen LogP contribution >= 0.6 is 36.4 Å². The maximum absolute atomic E-state index is 13.3. The summed E-state index contributed by atoms with van der Waals surface area (Å²) in [5, 5.41) is 4.15. The van der Waals surface area contributed by atoms with E-state index in [9.17, 15) is 4.39 Å². The predicted octanol–water partition coefficient (Wildman–Crippen LogP) is 4.61. The number of aromatic nitrogens is 1. The van der Waals surface area contributed by atoms with Crippen molar-refractivity contribution in [3.05, 3.63) is 64.8 Å². The Morgan fingerprint density at radius 3 is 2.88 bits per heavy atom. The Labute approximate surface area is 168 Å². The van der Waals surface area contributed by atoms with Crippen molar-refractivity contribution < 1.29 is 8.81 Å². The second-order valence-corrected chi connectivity index (χ2v) is 6.40.